The van der Waals surface area contributed by atoms with Crippen LogP contribution in [0.2, 0.25) is 0 Å². The second-order valence-corrected chi connectivity index (χ2v) is 5.77. The summed E-state index contributed by atoms with van der Waals surface area (Å²) in [4.78, 5) is 2.33. The molecule has 20 heavy (non-hydrogen) atoms. The Labute approximate surface area is 124 Å². The van der Waals surface area contributed by atoms with Crippen LogP contribution in [-0.2, 0) is 6.42 Å². The summed E-state index contributed by atoms with van der Waals surface area (Å²) >= 11 is 0. The van der Waals surface area contributed by atoms with E-state index in [2.05, 4.69) is 63.3 Å². The molecule has 1 N–H and O–H groups in total. The van der Waals surface area contributed by atoms with Crippen molar-refractivity contribution in [2.24, 2.45) is 0 Å². The first-order valence-corrected chi connectivity index (χ1v) is 7.51. The quantitative estimate of drug-likeness (QED) is 0.791. The molecule has 0 aliphatic heterocycles. The molecule has 114 valence electrons. The smallest absolute Gasteiger partial charge is 0.119 e. The Kier molecular flexibility index (Phi) is 6.50. The van der Waals surface area contributed by atoms with E-state index in [1.807, 2.05) is 6.07 Å². The molecule has 0 aliphatic rings. The summed E-state index contributed by atoms with van der Waals surface area (Å²) in [5.74, 6) is 0.931. The van der Waals surface area contributed by atoms with Crippen molar-refractivity contribution in [3.05, 3.63) is 29.8 Å². The standard InChI is InChI=1S/C17H30N2O/c1-7-17(3,19(4)5)16(18-8-2)13-14-10-9-11-15(12-14)20-6/h9-12,16,18H,7-8,13H2,1-6H3. The first-order chi connectivity index (χ1) is 9.47. The number of ether oxygens (including phenoxy) is 1. The fourth-order valence-electron chi connectivity index (χ4n) is 2.67. The van der Waals surface area contributed by atoms with E-state index in [9.17, 15) is 0 Å². The van der Waals surface area contributed by atoms with Crippen LogP contribution in [0.4, 0.5) is 0 Å². The second-order valence-electron chi connectivity index (χ2n) is 5.77. The molecule has 0 saturated carbocycles. The molecule has 0 spiro atoms. The molecule has 1 aromatic rings. The van der Waals surface area contributed by atoms with Gasteiger partial charge in [0.2, 0.25) is 0 Å². The van der Waals surface area contributed by atoms with Crippen molar-refractivity contribution >= 4 is 0 Å². The van der Waals surface area contributed by atoms with Crippen molar-refractivity contribution in [1.29, 1.82) is 0 Å². The van der Waals surface area contributed by atoms with Gasteiger partial charge in [0.25, 0.3) is 0 Å². The molecule has 0 bridgehead atoms. The maximum absolute atomic E-state index is 5.32. The van der Waals surface area contributed by atoms with Gasteiger partial charge in [-0.25, -0.2) is 0 Å². The number of likely N-dealkylation sites (N-methyl/N-ethyl adjacent to an activating group) is 2. The van der Waals surface area contributed by atoms with E-state index in [0.717, 1.165) is 25.1 Å². The molecule has 1 aromatic carbocycles. The predicted molar refractivity (Wildman–Crippen MR) is 86.5 cm³/mol. The number of benzene rings is 1. The van der Waals surface area contributed by atoms with Crippen molar-refractivity contribution in [2.75, 3.05) is 27.7 Å². The van der Waals surface area contributed by atoms with Gasteiger partial charge >= 0.3 is 0 Å². The SMILES string of the molecule is CCNC(Cc1cccc(OC)c1)C(C)(CC)N(C)C. The van der Waals surface area contributed by atoms with Crippen LogP contribution in [0.5, 0.6) is 5.75 Å². The minimum Gasteiger partial charge on any atom is -0.497 e. The topological polar surface area (TPSA) is 24.5 Å². The average Bonchev–Trinajstić information content (AvgIpc) is 2.46. The molecule has 0 aromatic heterocycles. The van der Waals surface area contributed by atoms with Gasteiger partial charge in [-0.15, -0.1) is 0 Å². The molecule has 1 rings (SSSR count). The van der Waals surface area contributed by atoms with E-state index in [0.29, 0.717) is 6.04 Å². The van der Waals surface area contributed by atoms with E-state index in [4.69, 9.17) is 4.74 Å². The normalized spacial score (nSPS) is 15.9. The van der Waals surface area contributed by atoms with Crippen LogP contribution in [0.3, 0.4) is 0 Å². The van der Waals surface area contributed by atoms with Gasteiger partial charge in [-0.3, -0.25) is 0 Å². The minimum atomic E-state index is 0.138. The summed E-state index contributed by atoms with van der Waals surface area (Å²) in [6.45, 7) is 7.75. The lowest BCUT2D eigenvalue weighted by Crippen LogP contribution is -2.57. The third-order valence-corrected chi connectivity index (χ3v) is 4.51. The number of hydrogen-bond acceptors (Lipinski definition) is 3. The molecule has 0 saturated heterocycles. The van der Waals surface area contributed by atoms with E-state index in [-0.39, 0.29) is 5.54 Å². The van der Waals surface area contributed by atoms with Crippen molar-refractivity contribution in [1.82, 2.24) is 10.2 Å². The van der Waals surface area contributed by atoms with Crippen LogP contribution in [-0.4, -0.2) is 44.2 Å². The van der Waals surface area contributed by atoms with Crippen LogP contribution in [0, 0.1) is 0 Å². The van der Waals surface area contributed by atoms with Crippen LogP contribution >= 0.6 is 0 Å². The lowest BCUT2D eigenvalue weighted by molar-refractivity contribution is 0.113. The second kappa shape index (κ2) is 7.65. The molecule has 3 nitrogen and oxygen atoms in total. The summed E-state index contributed by atoms with van der Waals surface area (Å²) in [7, 11) is 6.05. The van der Waals surface area contributed by atoms with Gasteiger partial charge in [0.15, 0.2) is 0 Å². The van der Waals surface area contributed by atoms with Gasteiger partial charge < -0.3 is 15.0 Å². The molecule has 0 heterocycles. The van der Waals surface area contributed by atoms with E-state index < -0.39 is 0 Å². The summed E-state index contributed by atoms with van der Waals surface area (Å²) in [6, 6.07) is 8.79. The summed E-state index contributed by atoms with van der Waals surface area (Å²) < 4.78 is 5.32. The van der Waals surface area contributed by atoms with E-state index in [1.54, 1.807) is 7.11 Å². The zero-order chi connectivity index (χ0) is 15.2. The Morgan fingerprint density at radius 1 is 1.30 bits per heavy atom. The fraction of sp³-hybridized carbons (Fsp3) is 0.647. The van der Waals surface area contributed by atoms with Crippen LogP contribution in [0.25, 0.3) is 0 Å². The lowest BCUT2D eigenvalue weighted by atomic mass is 9.84. The number of nitrogens with zero attached hydrogens (tertiary/aromatic N) is 1. The van der Waals surface area contributed by atoms with Crippen molar-refractivity contribution in [3.63, 3.8) is 0 Å². The molecular formula is C17H30N2O. The van der Waals surface area contributed by atoms with Gasteiger partial charge in [0.1, 0.15) is 5.75 Å². The molecule has 2 atom stereocenters. The summed E-state index contributed by atoms with van der Waals surface area (Å²) in [5.41, 5.74) is 1.45. The first-order valence-electron chi connectivity index (χ1n) is 7.51. The predicted octanol–water partition coefficient (Wildman–Crippen LogP) is 2.95. The Balaban J connectivity index is 2.96. The zero-order valence-electron chi connectivity index (χ0n) is 13.9. The highest BCUT2D eigenvalue weighted by Gasteiger charge is 2.34. The Bertz CT molecular complexity index is 406. The third-order valence-electron chi connectivity index (χ3n) is 4.51. The van der Waals surface area contributed by atoms with Gasteiger partial charge in [-0.05, 0) is 58.1 Å². The largest absolute Gasteiger partial charge is 0.497 e. The molecule has 3 heteroatoms. The Hall–Kier alpha value is -1.06. The first kappa shape index (κ1) is 17.0. The maximum Gasteiger partial charge on any atom is 0.119 e. The highest BCUT2D eigenvalue weighted by molar-refractivity contribution is 5.29. The number of hydrogen-bond donors (Lipinski definition) is 1. The fourth-order valence-corrected chi connectivity index (χ4v) is 2.67. The van der Waals surface area contributed by atoms with E-state index >= 15 is 0 Å². The molecular weight excluding hydrogens is 248 g/mol. The lowest BCUT2D eigenvalue weighted by Gasteiger charge is -2.43. The average molecular weight is 278 g/mol. The van der Waals surface area contributed by atoms with Crippen molar-refractivity contribution < 1.29 is 4.74 Å². The monoisotopic (exact) mass is 278 g/mol. The summed E-state index contributed by atoms with van der Waals surface area (Å²) in [5, 5.41) is 3.66. The molecule has 0 amide bonds. The minimum absolute atomic E-state index is 0.138. The molecule has 2 unspecified atom stereocenters. The van der Waals surface area contributed by atoms with Crippen LogP contribution in [0.15, 0.2) is 24.3 Å². The summed E-state index contributed by atoms with van der Waals surface area (Å²) in [6.07, 6.45) is 2.12. The Morgan fingerprint density at radius 2 is 2.00 bits per heavy atom. The highest BCUT2D eigenvalue weighted by atomic mass is 16.5. The number of methoxy groups -OCH3 is 1. The van der Waals surface area contributed by atoms with Gasteiger partial charge in [0, 0.05) is 11.6 Å². The van der Waals surface area contributed by atoms with Crippen molar-refractivity contribution in [3.8, 4) is 5.75 Å². The number of rotatable bonds is 8. The van der Waals surface area contributed by atoms with Gasteiger partial charge in [-0.2, -0.15) is 0 Å². The van der Waals surface area contributed by atoms with Gasteiger partial charge in [0.05, 0.1) is 7.11 Å². The van der Waals surface area contributed by atoms with Crippen LogP contribution in [0.1, 0.15) is 32.8 Å². The van der Waals surface area contributed by atoms with Crippen LogP contribution < -0.4 is 10.1 Å². The highest BCUT2D eigenvalue weighted by Crippen LogP contribution is 2.25. The van der Waals surface area contributed by atoms with Crippen molar-refractivity contribution in [2.45, 2.75) is 45.2 Å². The Morgan fingerprint density at radius 3 is 2.50 bits per heavy atom. The number of nitrogens with one attached hydrogen (secondary N) is 1. The molecule has 0 radical (unpaired) electrons. The van der Waals surface area contributed by atoms with E-state index in [1.165, 1.54) is 5.56 Å². The maximum atomic E-state index is 5.32. The zero-order valence-corrected chi connectivity index (χ0v) is 13.9. The van der Waals surface area contributed by atoms with Gasteiger partial charge in [-0.1, -0.05) is 26.0 Å². The third kappa shape index (κ3) is 3.97. The molecule has 0 aliphatic carbocycles. The molecule has 0 fully saturated rings.